The van der Waals surface area contributed by atoms with E-state index in [0.29, 0.717) is 17.9 Å². The molecule has 1 aliphatic heterocycles. The highest BCUT2D eigenvalue weighted by Gasteiger charge is 2.69. The van der Waals surface area contributed by atoms with E-state index in [1.54, 1.807) is 29.2 Å². The van der Waals surface area contributed by atoms with Gasteiger partial charge in [0.05, 0.1) is 12.1 Å². The molecule has 0 spiro atoms. The van der Waals surface area contributed by atoms with Gasteiger partial charge in [-0.05, 0) is 67.2 Å². The molecular weight excluding hydrogens is 442 g/mol. The van der Waals surface area contributed by atoms with Crippen LogP contribution in [-0.2, 0) is 19.2 Å². The number of nitrogens with zero attached hydrogens (tertiary/aromatic N) is 2. The molecule has 1 saturated heterocycles. The van der Waals surface area contributed by atoms with Gasteiger partial charge in [0.15, 0.2) is 0 Å². The predicted molar refractivity (Wildman–Crippen MR) is 136 cm³/mol. The molecule has 1 heterocycles. The fourth-order valence-electron chi connectivity index (χ4n) is 5.82. The molecule has 188 valence electrons. The lowest BCUT2D eigenvalue weighted by molar-refractivity contribution is -0.140. The third kappa shape index (κ3) is 4.65. The molecule has 4 amide bonds. The largest absolute Gasteiger partial charge is 0.330 e. The maximum Gasteiger partial charge on any atom is 0.257 e. The number of amides is 4. The first-order chi connectivity index (χ1) is 16.4. The third-order valence-electron chi connectivity index (χ3n) is 8.55. The van der Waals surface area contributed by atoms with Crippen LogP contribution < -0.4 is 10.2 Å². The number of nitrogens with one attached hydrogen (secondary N) is 1. The number of carbonyl (C=O) groups excluding carboxylic acids is 4. The smallest absolute Gasteiger partial charge is 0.257 e. The summed E-state index contributed by atoms with van der Waals surface area (Å²) in [5.41, 5.74) is 2.07. The highest BCUT2D eigenvalue weighted by Crippen LogP contribution is 2.69. The minimum atomic E-state index is -0.790. The SMILES string of the molecule is CC(=O)Nc1ccc(N2C(=O)CC(N(CCC3=CCCCC3)C(=O)C3C(C)(C)C3(C)C)C2=O)cc1. The van der Waals surface area contributed by atoms with Crippen LogP contribution in [0.15, 0.2) is 35.9 Å². The van der Waals surface area contributed by atoms with E-state index in [1.165, 1.54) is 23.8 Å². The molecule has 1 aromatic carbocycles. The summed E-state index contributed by atoms with van der Waals surface area (Å²) in [5, 5.41) is 2.68. The van der Waals surface area contributed by atoms with Gasteiger partial charge < -0.3 is 10.2 Å². The second-order valence-electron chi connectivity index (χ2n) is 11.3. The lowest BCUT2D eigenvalue weighted by Crippen LogP contribution is -2.47. The molecule has 1 unspecified atom stereocenters. The molecule has 0 aromatic heterocycles. The van der Waals surface area contributed by atoms with E-state index in [0.717, 1.165) is 25.7 Å². The Morgan fingerprint density at radius 2 is 1.71 bits per heavy atom. The fourth-order valence-corrected chi connectivity index (χ4v) is 5.82. The van der Waals surface area contributed by atoms with Gasteiger partial charge in [0.2, 0.25) is 17.7 Å². The molecule has 7 heteroatoms. The van der Waals surface area contributed by atoms with E-state index >= 15 is 0 Å². The molecule has 0 bridgehead atoms. The molecule has 0 radical (unpaired) electrons. The highest BCUT2D eigenvalue weighted by atomic mass is 16.2. The Kier molecular flexibility index (Phi) is 6.64. The number of hydrogen-bond acceptors (Lipinski definition) is 4. The Bertz CT molecular complexity index is 1060. The van der Waals surface area contributed by atoms with Gasteiger partial charge in [0.1, 0.15) is 6.04 Å². The van der Waals surface area contributed by atoms with Crippen molar-refractivity contribution < 1.29 is 19.2 Å². The lowest BCUT2D eigenvalue weighted by atomic mass is 9.96. The van der Waals surface area contributed by atoms with Crippen molar-refractivity contribution in [2.45, 2.75) is 79.2 Å². The average molecular weight is 480 g/mol. The highest BCUT2D eigenvalue weighted by molar-refractivity contribution is 6.23. The van der Waals surface area contributed by atoms with Gasteiger partial charge in [-0.25, -0.2) is 4.90 Å². The number of anilines is 2. The van der Waals surface area contributed by atoms with Crippen molar-refractivity contribution in [3.63, 3.8) is 0 Å². The van der Waals surface area contributed by atoms with Gasteiger partial charge >= 0.3 is 0 Å². The molecule has 35 heavy (non-hydrogen) atoms. The van der Waals surface area contributed by atoms with Crippen molar-refractivity contribution in [2.24, 2.45) is 16.7 Å². The summed E-state index contributed by atoms with van der Waals surface area (Å²) in [4.78, 5) is 54.6. The molecular formula is C28H37N3O4. The fraction of sp³-hybridized carbons (Fsp3) is 0.571. The van der Waals surface area contributed by atoms with E-state index in [9.17, 15) is 19.2 Å². The van der Waals surface area contributed by atoms with E-state index in [4.69, 9.17) is 0 Å². The predicted octanol–water partition coefficient (Wildman–Crippen LogP) is 4.68. The van der Waals surface area contributed by atoms with Crippen LogP contribution >= 0.6 is 0 Å². The van der Waals surface area contributed by atoms with Crippen molar-refractivity contribution >= 4 is 35.0 Å². The van der Waals surface area contributed by atoms with Crippen molar-refractivity contribution in [3.05, 3.63) is 35.9 Å². The third-order valence-corrected chi connectivity index (χ3v) is 8.55. The maximum absolute atomic E-state index is 13.8. The van der Waals surface area contributed by atoms with Crippen molar-refractivity contribution in [1.82, 2.24) is 4.90 Å². The van der Waals surface area contributed by atoms with E-state index in [-0.39, 0.29) is 46.8 Å². The molecule has 4 rings (SSSR count). The summed E-state index contributed by atoms with van der Waals surface area (Å²) in [5.74, 6) is -1.06. The van der Waals surface area contributed by atoms with Crippen LogP contribution in [0.2, 0.25) is 0 Å². The molecule has 1 aromatic rings. The molecule has 3 aliphatic rings. The second-order valence-corrected chi connectivity index (χ2v) is 11.3. The van der Waals surface area contributed by atoms with Crippen molar-refractivity contribution in [1.29, 1.82) is 0 Å². The number of allylic oxidation sites excluding steroid dienone is 1. The number of hydrogen-bond donors (Lipinski definition) is 1. The summed E-state index contributed by atoms with van der Waals surface area (Å²) >= 11 is 0. The Labute approximate surface area is 207 Å². The first kappa shape index (κ1) is 25.1. The Morgan fingerprint density at radius 3 is 2.26 bits per heavy atom. The molecule has 1 N–H and O–H groups in total. The second kappa shape index (κ2) is 9.25. The maximum atomic E-state index is 13.8. The summed E-state index contributed by atoms with van der Waals surface area (Å²) in [6, 6.07) is 5.84. The summed E-state index contributed by atoms with van der Waals surface area (Å²) < 4.78 is 0. The summed E-state index contributed by atoms with van der Waals surface area (Å²) in [7, 11) is 0. The Hall–Kier alpha value is -2.96. The number of carbonyl (C=O) groups is 4. The van der Waals surface area contributed by atoms with Gasteiger partial charge in [-0.15, -0.1) is 0 Å². The molecule has 1 saturated carbocycles. The zero-order valence-corrected chi connectivity index (χ0v) is 21.5. The lowest BCUT2D eigenvalue weighted by Gasteiger charge is -2.29. The zero-order valence-electron chi connectivity index (χ0n) is 21.5. The average Bonchev–Trinajstić information content (AvgIpc) is 3.02. The van der Waals surface area contributed by atoms with Gasteiger partial charge in [-0.2, -0.15) is 0 Å². The zero-order chi connectivity index (χ0) is 25.5. The van der Waals surface area contributed by atoms with Crippen LogP contribution in [0.1, 0.15) is 73.1 Å². The minimum absolute atomic E-state index is 0.00928. The Morgan fingerprint density at radius 1 is 1.06 bits per heavy atom. The van der Waals surface area contributed by atoms with Gasteiger partial charge in [0.25, 0.3) is 5.91 Å². The first-order valence-electron chi connectivity index (χ1n) is 12.7. The van der Waals surface area contributed by atoms with Crippen molar-refractivity contribution in [2.75, 3.05) is 16.8 Å². The number of imide groups is 1. The molecule has 7 nitrogen and oxygen atoms in total. The topological polar surface area (TPSA) is 86.8 Å². The van der Waals surface area contributed by atoms with E-state index < -0.39 is 6.04 Å². The first-order valence-corrected chi connectivity index (χ1v) is 12.7. The summed E-state index contributed by atoms with van der Waals surface area (Å²) in [6.45, 7) is 10.3. The van der Waals surface area contributed by atoms with Crippen LogP contribution in [0.3, 0.4) is 0 Å². The molecule has 2 fully saturated rings. The van der Waals surface area contributed by atoms with Crippen LogP contribution in [0.4, 0.5) is 11.4 Å². The summed E-state index contributed by atoms with van der Waals surface area (Å²) in [6.07, 6.45) is 7.45. The van der Waals surface area contributed by atoms with Gasteiger partial charge in [0, 0.05) is 25.1 Å². The normalized spacial score (nSPS) is 23.2. The number of rotatable bonds is 7. The molecule has 2 aliphatic carbocycles. The van der Waals surface area contributed by atoms with Crippen LogP contribution in [0.5, 0.6) is 0 Å². The van der Waals surface area contributed by atoms with Crippen LogP contribution in [0, 0.1) is 16.7 Å². The monoisotopic (exact) mass is 479 g/mol. The van der Waals surface area contributed by atoms with E-state index in [2.05, 4.69) is 39.1 Å². The minimum Gasteiger partial charge on any atom is -0.330 e. The van der Waals surface area contributed by atoms with Crippen molar-refractivity contribution in [3.8, 4) is 0 Å². The van der Waals surface area contributed by atoms with Crippen LogP contribution in [0.25, 0.3) is 0 Å². The quantitative estimate of drug-likeness (QED) is 0.454. The van der Waals surface area contributed by atoms with Crippen LogP contribution in [-0.4, -0.2) is 41.1 Å². The van der Waals surface area contributed by atoms with E-state index in [1.807, 2.05) is 0 Å². The molecule has 1 atom stereocenters. The number of benzene rings is 1. The standard InChI is InChI=1S/C28H37N3O4/c1-18(32)29-20-11-13-21(14-12-20)31-23(33)17-22(25(31)34)30(16-15-19-9-7-6-8-10-19)26(35)24-27(2,3)28(24,4)5/h9,11-14,22,24H,6-8,10,15-17H2,1-5H3,(H,29,32). The van der Waals surface area contributed by atoms with Gasteiger partial charge in [-0.3, -0.25) is 19.2 Å². The van der Waals surface area contributed by atoms with Gasteiger partial charge in [-0.1, -0.05) is 39.3 Å². The Balaban J connectivity index is 1.57.